The number of nitrogens with one attached hydrogen (secondary N) is 3. The number of carbonyl (C=O) groups excluding carboxylic acids is 3. The Morgan fingerprint density at radius 1 is 0.762 bits per heavy atom. The average molecular weight is 580 g/mol. The number of benzene rings is 4. The van der Waals surface area contributed by atoms with Gasteiger partial charge in [0.05, 0.1) is 10.8 Å². The fraction of sp³-hybridized carbons (Fsp3) is 0.0909. The first-order valence-corrected chi connectivity index (χ1v) is 13.9. The topological polar surface area (TPSA) is 125 Å². The molecule has 212 valence electrons. The van der Waals surface area contributed by atoms with E-state index in [2.05, 4.69) is 16.0 Å². The van der Waals surface area contributed by atoms with E-state index in [1.807, 2.05) is 37.3 Å². The van der Waals surface area contributed by atoms with Crippen LogP contribution in [0.15, 0.2) is 114 Å². The largest absolute Gasteiger partial charge is 0.478 e. The minimum Gasteiger partial charge on any atom is -0.478 e. The van der Waals surface area contributed by atoms with Gasteiger partial charge in [-0.1, -0.05) is 54.6 Å². The fourth-order valence-corrected chi connectivity index (χ4v) is 4.85. The van der Waals surface area contributed by atoms with Gasteiger partial charge in [-0.3, -0.25) is 14.4 Å². The smallest absolute Gasteiger partial charge is 0.335 e. The Morgan fingerprint density at radius 3 is 2.12 bits per heavy atom. The van der Waals surface area contributed by atoms with Gasteiger partial charge in [-0.15, -0.1) is 11.8 Å². The van der Waals surface area contributed by atoms with E-state index >= 15 is 0 Å². The van der Waals surface area contributed by atoms with Gasteiger partial charge in [0.2, 0.25) is 5.91 Å². The Labute approximate surface area is 247 Å². The molecule has 0 aliphatic carbocycles. The maximum absolute atomic E-state index is 13.4. The molecule has 8 nitrogen and oxygen atoms in total. The van der Waals surface area contributed by atoms with Gasteiger partial charge >= 0.3 is 5.97 Å². The van der Waals surface area contributed by atoms with Crippen molar-refractivity contribution in [1.82, 2.24) is 5.32 Å². The highest BCUT2D eigenvalue weighted by Gasteiger charge is 2.18. The van der Waals surface area contributed by atoms with E-state index in [0.29, 0.717) is 16.9 Å². The molecule has 4 rings (SSSR count). The van der Waals surface area contributed by atoms with Crippen molar-refractivity contribution in [2.75, 3.05) is 10.6 Å². The third kappa shape index (κ3) is 8.18. The molecule has 42 heavy (non-hydrogen) atoms. The second-order valence-electron chi connectivity index (χ2n) is 9.35. The van der Waals surface area contributed by atoms with Crippen molar-refractivity contribution in [3.8, 4) is 0 Å². The molecule has 9 heteroatoms. The molecule has 0 fully saturated rings. The zero-order valence-corrected chi connectivity index (χ0v) is 23.8. The lowest BCUT2D eigenvalue weighted by atomic mass is 10.1. The second-order valence-corrected chi connectivity index (χ2v) is 10.8. The fourth-order valence-electron chi connectivity index (χ4n) is 3.92. The molecule has 4 N–H and O–H groups in total. The van der Waals surface area contributed by atoms with Gasteiger partial charge in [0, 0.05) is 21.8 Å². The molecule has 4 aromatic carbocycles. The minimum atomic E-state index is -1.08. The van der Waals surface area contributed by atoms with E-state index < -0.39 is 23.0 Å². The van der Waals surface area contributed by atoms with E-state index in [4.69, 9.17) is 0 Å². The molecule has 0 bridgehead atoms. The first kappa shape index (κ1) is 29.8. The van der Waals surface area contributed by atoms with E-state index in [9.17, 15) is 24.3 Å². The van der Waals surface area contributed by atoms with Crippen LogP contribution in [-0.2, 0) is 9.59 Å². The molecule has 0 aromatic heterocycles. The maximum atomic E-state index is 13.4. The Bertz CT molecular complexity index is 1650. The molecule has 3 amide bonds. The number of amides is 3. The number of aryl methyl sites for hydroxylation is 1. The number of carboxylic acid groups (broad SMARTS) is 1. The molecule has 0 saturated carbocycles. The van der Waals surface area contributed by atoms with E-state index in [1.165, 1.54) is 23.9 Å². The van der Waals surface area contributed by atoms with Crippen LogP contribution in [0.4, 0.5) is 11.4 Å². The first-order chi connectivity index (χ1) is 20.2. The van der Waals surface area contributed by atoms with Crippen LogP contribution >= 0.6 is 11.8 Å². The van der Waals surface area contributed by atoms with Gasteiger partial charge in [0.15, 0.2) is 0 Å². The molecule has 4 aromatic rings. The summed E-state index contributed by atoms with van der Waals surface area (Å²) in [5.74, 6) is -2.30. The van der Waals surface area contributed by atoms with E-state index in [-0.39, 0.29) is 17.2 Å². The highest BCUT2D eigenvalue weighted by molar-refractivity contribution is 8.00. The van der Waals surface area contributed by atoms with Crippen LogP contribution in [0.2, 0.25) is 0 Å². The molecule has 0 spiro atoms. The summed E-state index contributed by atoms with van der Waals surface area (Å²) in [6.45, 7) is 3.65. The molecule has 1 atom stereocenters. The predicted molar refractivity (Wildman–Crippen MR) is 165 cm³/mol. The van der Waals surface area contributed by atoms with E-state index in [1.54, 1.807) is 73.7 Å². The monoisotopic (exact) mass is 579 g/mol. The van der Waals surface area contributed by atoms with Crippen molar-refractivity contribution in [2.45, 2.75) is 24.0 Å². The Balaban J connectivity index is 1.48. The number of hydrogen-bond donors (Lipinski definition) is 4. The predicted octanol–water partition coefficient (Wildman–Crippen LogP) is 6.22. The summed E-state index contributed by atoms with van der Waals surface area (Å²) >= 11 is 1.28. The van der Waals surface area contributed by atoms with Gasteiger partial charge in [-0.2, -0.15) is 0 Å². The highest BCUT2D eigenvalue weighted by atomic mass is 32.2. The molecule has 0 saturated heterocycles. The molecular weight excluding hydrogens is 550 g/mol. The van der Waals surface area contributed by atoms with Gasteiger partial charge in [0.25, 0.3) is 11.8 Å². The number of aromatic carboxylic acids is 1. The summed E-state index contributed by atoms with van der Waals surface area (Å²) in [5.41, 5.74) is 3.17. The van der Waals surface area contributed by atoms with Crippen LogP contribution < -0.4 is 16.0 Å². The van der Waals surface area contributed by atoms with Crippen molar-refractivity contribution in [2.24, 2.45) is 0 Å². The quantitative estimate of drug-likeness (QED) is 0.131. The number of thioether (sulfide) groups is 1. The lowest BCUT2D eigenvalue weighted by Crippen LogP contribution is -2.30. The van der Waals surface area contributed by atoms with Crippen molar-refractivity contribution < 1.29 is 24.3 Å². The van der Waals surface area contributed by atoms with Crippen molar-refractivity contribution in [3.05, 3.63) is 131 Å². The number of anilines is 2. The van der Waals surface area contributed by atoms with Crippen molar-refractivity contribution >= 4 is 52.9 Å². The zero-order valence-electron chi connectivity index (χ0n) is 23.0. The lowest BCUT2D eigenvalue weighted by molar-refractivity contribution is -0.115. The summed E-state index contributed by atoms with van der Waals surface area (Å²) in [4.78, 5) is 51.0. The number of carboxylic acids is 1. The number of rotatable bonds is 10. The SMILES string of the molecule is Cc1ccccc1/C=C(\NC(=O)c1ccccc1)C(=O)Nc1cccc(SC(C)C(=O)Nc2cccc(C(=O)O)c2)c1. The third-order valence-electron chi connectivity index (χ3n) is 6.17. The molecule has 0 heterocycles. The first-order valence-electron chi connectivity index (χ1n) is 13.1. The van der Waals surface area contributed by atoms with Gasteiger partial charge < -0.3 is 21.1 Å². The summed E-state index contributed by atoms with van der Waals surface area (Å²) in [6.07, 6.45) is 1.63. The minimum absolute atomic E-state index is 0.0763. The lowest BCUT2D eigenvalue weighted by Gasteiger charge is -2.14. The van der Waals surface area contributed by atoms with Crippen molar-refractivity contribution in [1.29, 1.82) is 0 Å². The van der Waals surface area contributed by atoms with Gasteiger partial charge in [-0.05, 0) is 79.6 Å². The zero-order chi connectivity index (χ0) is 30.1. The Morgan fingerprint density at radius 2 is 1.40 bits per heavy atom. The van der Waals surface area contributed by atoms with Gasteiger partial charge in [0.1, 0.15) is 5.70 Å². The summed E-state index contributed by atoms with van der Waals surface area (Å²) in [5, 5.41) is 17.0. The van der Waals surface area contributed by atoms with Crippen LogP contribution in [-0.4, -0.2) is 34.0 Å². The second kappa shape index (κ2) is 14.0. The third-order valence-corrected chi connectivity index (χ3v) is 7.26. The molecular formula is C33H29N3O5S. The standard InChI is InChI=1S/C33H29N3O5S/c1-21-10-6-7-13-24(21)19-29(36-31(38)23-11-4-3-5-12-23)32(39)35-27-16-9-17-28(20-27)42-22(2)30(37)34-26-15-8-14-25(18-26)33(40)41/h3-20,22H,1-2H3,(H,34,37)(H,35,39)(H,36,38)(H,40,41)/b29-19-. The normalized spacial score (nSPS) is 11.7. The van der Waals surface area contributed by atoms with E-state index in [0.717, 1.165) is 16.0 Å². The van der Waals surface area contributed by atoms with Crippen LogP contribution in [0.1, 0.15) is 38.8 Å². The van der Waals surface area contributed by atoms with Crippen molar-refractivity contribution in [3.63, 3.8) is 0 Å². The van der Waals surface area contributed by atoms with Crippen LogP contribution in [0.5, 0.6) is 0 Å². The highest BCUT2D eigenvalue weighted by Crippen LogP contribution is 2.27. The van der Waals surface area contributed by atoms with Crippen LogP contribution in [0.25, 0.3) is 6.08 Å². The summed E-state index contributed by atoms with van der Waals surface area (Å²) in [6, 6.07) is 29.2. The van der Waals surface area contributed by atoms with Crippen LogP contribution in [0.3, 0.4) is 0 Å². The summed E-state index contributed by atoms with van der Waals surface area (Å²) < 4.78 is 0. The average Bonchev–Trinajstić information content (AvgIpc) is 2.98. The van der Waals surface area contributed by atoms with Gasteiger partial charge in [-0.25, -0.2) is 4.79 Å². The number of hydrogen-bond acceptors (Lipinski definition) is 5. The summed E-state index contributed by atoms with van der Waals surface area (Å²) in [7, 11) is 0. The molecule has 0 radical (unpaired) electrons. The number of carbonyl (C=O) groups is 4. The molecule has 0 aliphatic heterocycles. The Kier molecular flexibility index (Phi) is 9.91. The molecule has 0 aliphatic rings. The maximum Gasteiger partial charge on any atom is 0.335 e. The Hall–Kier alpha value is -5.15. The van der Waals surface area contributed by atoms with Crippen LogP contribution in [0, 0.1) is 6.92 Å². The molecule has 1 unspecified atom stereocenters.